The van der Waals surface area contributed by atoms with Crippen LogP contribution in [0.2, 0.25) is 0 Å². The van der Waals surface area contributed by atoms with E-state index in [-0.39, 0.29) is 17.3 Å². The summed E-state index contributed by atoms with van der Waals surface area (Å²) >= 11 is 1.75. The van der Waals surface area contributed by atoms with Gasteiger partial charge in [-0.2, -0.15) is 0 Å². The quantitative estimate of drug-likeness (QED) is 0.349. The molecule has 0 fully saturated rings. The molecule has 5 nitrogen and oxygen atoms in total. The van der Waals surface area contributed by atoms with Crippen molar-refractivity contribution in [2.75, 3.05) is 4.43 Å². The Bertz CT molecular complexity index is 200. The van der Waals surface area contributed by atoms with Crippen molar-refractivity contribution >= 4 is 40.5 Å². The van der Waals surface area contributed by atoms with E-state index in [9.17, 15) is 14.4 Å². The van der Waals surface area contributed by atoms with Gasteiger partial charge in [-0.25, -0.2) is 0 Å². The summed E-state index contributed by atoms with van der Waals surface area (Å²) in [5.74, 6) is -2.53. The van der Waals surface area contributed by atoms with Crippen LogP contribution in [-0.4, -0.2) is 27.4 Å². The number of hydrogen-bond donors (Lipinski definition) is 1. The second kappa shape index (κ2) is 5.92. The summed E-state index contributed by atoms with van der Waals surface area (Å²) in [6.07, 6.45) is -0.578. The zero-order chi connectivity index (χ0) is 9.56. The second-order valence-corrected chi connectivity index (χ2v) is 2.64. The van der Waals surface area contributed by atoms with E-state index in [0.717, 1.165) is 0 Å². The molecule has 6 heteroatoms. The molecule has 0 rings (SSSR count). The first-order valence-electron chi connectivity index (χ1n) is 3.07. The van der Waals surface area contributed by atoms with E-state index in [2.05, 4.69) is 4.74 Å². The lowest BCUT2D eigenvalue weighted by Gasteiger charge is -1.97. The molecule has 0 aliphatic rings. The van der Waals surface area contributed by atoms with Gasteiger partial charge in [-0.1, -0.05) is 22.6 Å². The molecule has 0 aromatic rings. The lowest BCUT2D eigenvalue weighted by molar-refractivity contribution is -0.159. The maximum absolute atomic E-state index is 10.6. The van der Waals surface area contributed by atoms with Gasteiger partial charge in [0.2, 0.25) is 0 Å². The zero-order valence-electron chi connectivity index (χ0n) is 6.08. The molecule has 0 spiro atoms. The Balaban J connectivity index is 3.60. The van der Waals surface area contributed by atoms with Crippen LogP contribution in [0.5, 0.6) is 0 Å². The van der Waals surface area contributed by atoms with E-state index >= 15 is 0 Å². The maximum atomic E-state index is 10.6. The monoisotopic (exact) mass is 286 g/mol. The minimum absolute atomic E-state index is 0.0799. The smallest absolute Gasteiger partial charge is 0.323 e. The van der Waals surface area contributed by atoms with Gasteiger partial charge in [0.05, 0.1) is 17.3 Å². The van der Waals surface area contributed by atoms with Crippen molar-refractivity contribution in [1.82, 2.24) is 0 Å². The van der Waals surface area contributed by atoms with Crippen LogP contribution in [0.25, 0.3) is 0 Å². The molecule has 0 saturated heterocycles. The zero-order valence-corrected chi connectivity index (χ0v) is 8.24. The fraction of sp³-hybridized carbons (Fsp3) is 0.500. The van der Waals surface area contributed by atoms with Crippen LogP contribution in [0.1, 0.15) is 12.8 Å². The number of carboxylic acids is 1. The summed E-state index contributed by atoms with van der Waals surface area (Å²) in [6, 6.07) is 0. The first kappa shape index (κ1) is 11.3. The molecule has 68 valence electrons. The van der Waals surface area contributed by atoms with Gasteiger partial charge in [0.1, 0.15) is 0 Å². The Morgan fingerprint density at radius 1 is 1.17 bits per heavy atom. The number of halogens is 1. The number of ether oxygens (including phenoxy) is 1. The van der Waals surface area contributed by atoms with Gasteiger partial charge in [-0.15, -0.1) is 0 Å². The van der Waals surface area contributed by atoms with E-state index < -0.39 is 17.9 Å². The molecule has 0 bridgehead atoms. The molecular formula is C6H7IO5. The topological polar surface area (TPSA) is 80.7 Å². The second-order valence-electron chi connectivity index (χ2n) is 1.87. The van der Waals surface area contributed by atoms with Crippen LogP contribution in [0.15, 0.2) is 0 Å². The number of alkyl halides is 1. The van der Waals surface area contributed by atoms with E-state index in [1.54, 1.807) is 22.6 Å². The Labute approximate surface area is 82.2 Å². The van der Waals surface area contributed by atoms with Gasteiger partial charge in [0.25, 0.3) is 0 Å². The van der Waals surface area contributed by atoms with Gasteiger partial charge < -0.3 is 9.84 Å². The number of carboxylic acid groups (broad SMARTS) is 1. The molecule has 0 aliphatic carbocycles. The molecule has 0 aromatic carbocycles. The SMILES string of the molecule is O=C(O)CCC(=O)OC(=O)CI. The van der Waals surface area contributed by atoms with Gasteiger partial charge in [-0.05, 0) is 0 Å². The molecule has 0 unspecified atom stereocenters. The standard InChI is InChI=1S/C6H7IO5/c7-3-6(11)12-5(10)2-1-4(8)9/h1-3H2,(H,8,9). The van der Waals surface area contributed by atoms with Crippen molar-refractivity contribution in [2.24, 2.45) is 0 Å². The summed E-state index contributed by atoms with van der Waals surface area (Å²) in [7, 11) is 0. The first-order valence-corrected chi connectivity index (χ1v) is 4.60. The summed E-state index contributed by atoms with van der Waals surface area (Å²) < 4.78 is 4.28. The highest BCUT2D eigenvalue weighted by atomic mass is 127. The van der Waals surface area contributed by atoms with Crippen molar-refractivity contribution < 1.29 is 24.2 Å². The molecule has 0 aromatic heterocycles. The molecule has 1 N–H and O–H groups in total. The Hall–Kier alpha value is -0.660. The van der Waals surface area contributed by atoms with Crippen LogP contribution < -0.4 is 0 Å². The van der Waals surface area contributed by atoms with Crippen LogP contribution in [0.4, 0.5) is 0 Å². The lowest BCUT2D eigenvalue weighted by Crippen LogP contribution is -2.13. The third kappa shape index (κ3) is 6.08. The summed E-state index contributed by atoms with van der Waals surface area (Å²) in [5.41, 5.74) is 0. The minimum atomic E-state index is -1.09. The fourth-order valence-electron chi connectivity index (χ4n) is 0.414. The summed E-state index contributed by atoms with van der Waals surface area (Å²) in [5, 5.41) is 8.16. The molecular weight excluding hydrogens is 279 g/mol. The highest BCUT2D eigenvalue weighted by Crippen LogP contribution is 1.95. The molecule has 0 radical (unpaired) electrons. The van der Waals surface area contributed by atoms with Crippen LogP contribution in [-0.2, 0) is 19.1 Å². The van der Waals surface area contributed by atoms with Crippen molar-refractivity contribution in [3.63, 3.8) is 0 Å². The van der Waals surface area contributed by atoms with Gasteiger partial charge in [-0.3, -0.25) is 14.4 Å². The predicted molar refractivity (Wildman–Crippen MR) is 46.9 cm³/mol. The Kier molecular flexibility index (Phi) is 5.60. The summed E-state index contributed by atoms with van der Waals surface area (Å²) in [6.45, 7) is 0. The van der Waals surface area contributed by atoms with Crippen molar-refractivity contribution in [3.05, 3.63) is 0 Å². The number of carbonyl (C=O) groups excluding carboxylic acids is 2. The van der Waals surface area contributed by atoms with Crippen molar-refractivity contribution in [1.29, 1.82) is 0 Å². The van der Waals surface area contributed by atoms with Crippen LogP contribution >= 0.6 is 22.6 Å². The maximum Gasteiger partial charge on any atom is 0.323 e. The van der Waals surface area contributed by atoms with Gasteiger partial charge in [0.15, 0.2) is 0 Å². The predicted octanol–water partition coefficient (Wildman–Crippen LogP) is 0.356. The highest BCUT2D eigenvalue weighted by Gasteiger charge is 2.10. The van der Waals surface area contributed by atoms with Crippen molar-refractivity contribution in [3.8, 4) is 0 Å². The molecule has 0 atom stereocenters. The molecule has 0 amide bonds. The van der Waals surface area contributed by atoms with E-state index in [0.29, 0.717) is 0 Å². The average molecular weight is 286 g/mol. The lowest BCUT2D eigenvalue weighted by atomic mass is 10.3. The van der Waals surface area contributed by atoms with Crippen molar-refractivity contribution in [2.45, 2.75) is 12.8 Å². The van der Waals surface area contributed by atoms with Gasteiger partial charge in [0, 0.05) is 0 Å². The summed E-state index contributed by atoms with van der Waals surface area (Å²) in [4.78, 5) is 31.0. The molecule has 0 heterocycles. The van der Waals surface area contributed by atoms with E-state index in [1.807, 2.05) is 0 Å². The van der Waals surface area contributed by atoms with Crippen LogP contribution in [0.3, 0.4) is 0 Å². The van der Waals surface area contributed by atoms with E-state index in [4.69, 9.17) is 5.11 Å². The number of esters is 2. The number of rotatable bonds is 4. The normalized spacial score (nSPS) is 9.08. The molecule has 12 heavy (non-hydrogen) atoms. The third-order valence-corrected chi connectivity index (χ3v) is 1.50. The highest BCUT2D eigenvalue weighted by molar-refractivity contribution is 14.1. The van der Waals surface area contributed by atoms with E-state index in [1.165, 1.54) is 0 Å². The van der Waals surface area contributed by atoms with Gasteiger partial charge >= 0.3 is 17.9 Å². The minimum Gasteiger partial charge on any atom is -0.481 e. The Morgan fingerprint density at radius 2 is 1.75 bits per heavy atom. The fourth-order valence-corrected chi connectivity index (χ4v) is 0.570. The van der Waals surface area contributed by atoms with Crippen LogP contribution in [0, 0.1) is 0 Å². The third-order valence-electron chi connectivity index (χ3n) is 0.880. The number of aliphatic carboxylic acids is 1. The first-order chi connectivity index (χ1) is 5.56. The average Bonchev–Trinajstić information content (AvgIpc) is 2.00. The largest absolute Gasteiger partial charge is 0.481 e. The number of hydrogen-bond acceptors (Lipinski definition) is 4. The number of carbonyl (C=O) groups is 3. The molecule has 0 aliphatic heterocycles. The molecule has 0 saturated carbocycles. The Morgan fingerprint density at radius 3 is 2.17 bits per heavy atom.